The second-order valence-corrected chi connectivity index (χ2v) is 5.85. The highest BCUT2D eigenvalue weighted by Crippen LogP contribution is 2.48. The molecule has 1 aromatic rings. The Labute approximate surface area is 102 Å². The van der Waals surface area contributed by atoms with E-state index in [0.717, 1.165) is 11.6 Å². The fourth-order valence-corrected chi connectivity index (χ4v) is 3.72. The van der Waals surface area contributed by atoms with Crippen LogP contribution >= 0.6 is 11.8 Å². The summed E-state index contributed by atoms with van der Waals surface area (Å²) in [6, 6.07) is 1.86. The van der Waals surface area contributed by atoms with Crippen molar-refractivity contribution in [3.8, 4) is 0 Å². The SMILES string of the molecule is C=CC[C@]1(C)CCC[C@H]1Sc1ncccn1. The van der Waals surface area contributed by atoms with E-state index in [1.54, 1.807) is 0 Å². The molecule has 1 aliphatic carbocycles. The first-order valence-electron chi connectivity index (χ1n) is 5.79. The highest BCUT2D eigenvalue weighted by atomic mass is 32.2. The molecule has 1 saturated carbocycles. The maximum Gasteiger partial charge on any atom is 0.187 e. The van der Waals surface area contributed by atoms with Gasteiger partial charge >= 0.3 is 0 Å². The van der Waals surface area contributed by atoms with E-state index >= 15 is 0 Å². The summed E-state index contributed by atoms with van der Waals surface area (Å²) in [6.45, 7) is 6.23. The number of nitrogens with zero attached hydrogens (tertiary/aromatic N) is 2. The van der Waals surface area contributed by atoms with Gasteiger partial charge in [-0.15, -0.1) is 6.58 Å². The molecule has 1 aromatic heterocycles. The smallest absolute Gasteiger partial charge is 0.187 e. The van der Waals surface area contributed by atoms with Gasteiger partial charge in [-0.05, 0) is 30.7 Å². The molecule has 16 heavy (non-hydrogen) atoms. The van der Waals surface area contributed by atoms with Gasteiger partial charge in [0.25, 0.3) is 0 Å². The maximum atomic E-state index is 4.29. The molecule has 0 spiro atoms. The number of aromatic nitrogens is 2. The summed E-state index contributed by atoms with van der Waals surface area (Å²) >= 11 is 1.83. The first kappa shape index (κ1) is 11.6. The van der Waals surface area contributed by atoms with Crippen LogP contribution in [0.1, 0.15) is 32.6 Å². The molecule has 0 aromatic carbocycles. The lowest BCUT2D eigenvalue weighted by Gasteiger charge is -2.29. The molecule has 2 atom stereocenters. The van der Waals surface area contributed by atoms with Crippen LogP contribution in [0.2, 0.25) is 0 Å². The molecular formula is C13H18N2S. The van der Waals surface area contributed by atoms with Gasteiger partial charge in [0.05, 0.1) is 0 Å². The van der Waals surface area contributed by atoms with Crippen LogP contribution in [-0.2, 0) is 0 Å². The van der Waals surface area contributed by atoms with Gasteiger partial charge in [-0.25, -0.2) is 9.97 Å². The van der Waals surface area contributed by atoms with Crippen LogP contribution in [0.25, 0.3) is 0 Å². The van der Waals surface area contributed by atoms with E-state index in [1.807, 2.05) is 36.3 Å². The Balaban J connectivity index is 2.06. The Hall–Kier alpha value is -0.830. The molecule has 0 amide bonds. The molecule has 2 nitrogen and oxygen atoms in total. The summed E-state index contributed by atoms with van der Waals surface area (Å²) in [5.74, 6) is 0. The maximum absolute atomic E-state index is 4.29. The van der Waals surface area contributed by atoms with Crippen LogP contribution in [0.5, 0.6) is 0 Å². The summed E-state index contributed by atoms with van der Waals surface area (Å²) < 4.78 is 0. The Bertz CT molecular complexity index is 352. The minimum Gasteiger partial charge on any atom is -0.231 e. The second kappa shape index (κ2) is 5.00. The van der Waals surface area contributed by atoms with Crippen molar-refractivity contribution >= 4 is 11.8 Å². The van der Waals surface area contributed by atoms with E-state index in [2.05, 4.69) is 23.5 Å². The van der Waals surface area contributed by atoms with Crippen molar-refractivity contribution in [1.82, 2.24) is 9.97 Å². The van der Waals surface area contributed by atoms with E-state index < -0.39 is 0 Å². The minimum atomic E-state index is 0.381. The number of rotatable bonds is 4. The van der Waals surface area contributed by atoms with Gasteiger partial charge in [0.2, 0.25) is 0 Å². The third-order valence-electron chi connectivity index (χ3n) is 3.39. The molecule has 0 bridgehead atoms. The average molecular weight is 234 g/mol. The van der Waals surface area contributed by atoms with Gasteiger partial charge in [-0.1, -0.05) is 31.2 Å². The number of allylic oxidation sites excluding steroid dienone is 1. The topological polar surface area (TPSA) is 25.8 Å². The first-order valence-corrected chi connectivity index (χ1v) is 6.67. The van der Waals surface area contributed by atoms with E-state index in [9.17, 15) is 0 Å². The lowest BCUT2D eigenvalue weighted by molar-refractivity contribution is 0.352. The molecule has 2 rings (SSSR count). The van der Waals surface area contributed by atoms with Gasteiger partial charge in [0.15, 0.2) is 5.16 Å². The van der Waals surface area contributed by atoms with Crippen LogP contribution in [0, 0.1) is 5.41 Å². The zero-order valence-corrected chi connectivity index (χ0v) is 10.5. The average Bonchev–Trinajstić information content (AvgIpc) is 2.62. The molecule has 0 aliphatic heterocycles. The zero-order valence-electron chi connectivity index (χ0n) is 9.72. The van der Waals surface area contributed by atoms with Crippen molar-refractivity contribution in [2.45, 2.75) is 43.0 Å². The predicted octanol–water partition coefficient (Wildman–Crippen LogP) is 3.70. The fraction of sp³-hybridized carbons (Fsp3) is 0.538. The van der Waals surface area contributed by atoms with Gasteiger partial charge < -0.3 is 0 Å². The van der Waals surface area contributed by atoms with Crippen LogP contribution in [0.4, 0.5) is 0 Å². The normalized spacial score (nSPS) is 29.2. The van der Waals surface area contributed by atoms with E-state index in [0.29, 0.717) is 10.7 Å². The first-order chi connectivity index (χ1) is 7.74. The van der Waals surface area contributed by atoms with Crippen LogP contribution in [-0.4, -0.2) is 15.2 Å². The van der Waals surface area contributed by atoms with E-state index in [1.165, 1.54) is 19.3 Å². The van der Waals surface area contributed by atoms with Crippen molar-refractivity contribution in [3.63, 3.8) is 0 Å². The third kappa shape index (κ3) is 2.46. The molecule has 0 unspecified atom stereocenters. The fourth-order valence-electron chi connectivity index (χ4n) is 2.44. The molecule has 0 N–H and O–H groups in total. The number of thioether (sulfide) groups is 1. The molecule has 1 heterocycles. The van der Waals surface area contributed by atoms with Crippen molar-refractivity contribution in [1.29, 1.82) is 0 Å². The highest BCUT2D eigenvalue weighted by molar-refractivity contribution is 7.99. The van der Waals surface area contributed by atoms with E-state index in [4.69, 9.17) is 0 Å². The van der Waals surface area contributed by atoms with Crippen LogP contribution in [0.3, 0.4) is 0 Å². The number of hydrogen-bond acceptors (Lipinski definition) is 3. The second-order valence-electron chi connectivity index (χ2n) is 4.68. The van der Waals surface area contributed by atoms with Crippen LogP contribution in [0.15, 0.2) is 36.3 Å². The van der Waals surface area contributed by atoms with Crippen LogP contribution < -0.4 is 0 Å². The van der Waals surface area contributed by atoms with Gasteiger partial charge in [0.1, 0.15) is 0 Å². The van der Waals surface area contributed by atoms with Gasteiger partial charge in [-0.2, -0.15) is 0 Å². The Morgan fingerprint density at radius 2 is 2.31 bits per heavy atom. The summed E-state index contributed by atoms with van der Waals surface area (Å²) in [5.41, 5.74) is 0.381. The van der Waals surface area contributed by atoms with Crippen molar-refractivity contribution in [2.24, 2.45) is 5.41 Å². The highest BCUT2D eigenvalue weighted by Gasteiger charge is 2.38. The van der Waals surface area contributed by atoms with E-state index in [-0.39, 0.29) is 0 Å². The molecule has 86 valence electrons. The Morgan fingerprint density at radius 1 is 1.56 bits per heavy atom. The minimum absolute atomic E-state index is 0.381. The monoisotopic (exact) mass is 234 g/mol. The van der Waals surface area contributed by atoms with Gasteiger partial charge in [0, 0.05) is 17.6 Å². The quantitative estimate of drug-likeness (QED) is 0.587. The summed E-state index contributed by atoms with van der Waals surface area (Å²) in [5, 5.41) is 1.54. The lowest BCUT2D eigenvalue weighted by atomic mass is 9.85. The molecule has 0 radical (unpaired) electrons. The molecular weight excluding hydrogens is 216 g/mol. The van der Waals surface area contributed by atoms with Crippen molar-refractivity contribution in [3.05, 3.63) is 31.1 Å². The molecule has 3 heteroatoms. The standard InChI is InChI=1S/C13H18N2S/c1-3-7-13(2)8-4-6-11(13)16-12-14-9-5-10-15-12/h3,5,9-11H,1,4,6-8H2,2H3/t11-,13-/m1/s1. The molecule has 1 aliphatic rings. The molecule has 1 fully saturated rings. The Kier molecular flexibility index (Phi) is 3.64. The van der Waals surface area contributed by atoms with Crippen molar-refractivity contribution in [2.75, 3.05) is 0 Å². The van der Waals surface area contributed by atoms with Gasteiger partial charge in [-0.3, -0.25) is 0 Å². The summed E-state index contributed by atoms with van der Waals surface area (Å²) in [4.78, 5) is 8.59. The largest absolute Gasteiger partial charge is 0.231 e. The summed E-state index contributed by atoms with van der Waals surface area (Å²) in [6.07, 6.45) is 10.7. The molecule has 0 saturated heterocycles. The lowest BCUT2D eigenvalue weighted by Crippen LogP contribution is -2.23. The summed E-state index contributed by atoms with van der Waals surface area (Å²) in [7, 11) is 0. The zero-order chi connectivity index (χ0) is 11.4. The third-order valence-corrected chi connectivity index (χ3v) is 4.90. The number of hydrogen-bond donors (Lipinski definition) is 0. The Morgan fingerprint density at radius 3 is 3.00 bits per heavy atom. The predicted molar refractivity (Wildman–Crippen MR) is 68.4 cm³/mol. The van der Waals surface area contributed by atoms with Crippen molar-refractivity contribution < 1.29 is 0 Å².